The second-order valence-electron chi connectivity index (χ2n) is 7.33. The lowest BCUT2D eigenvalue weighted by atomic mass is 9.84. The van der Waals surface area contributed by atoms with Crippen LogP contribution in [0.15, 0.2) is 48.5 Å². The van der Waals surface area contributed by atoms with E-state index in [9.17, 15) is 23.4 Å². The number of benzene rings is 2. The van der Waals surface area contributed by atoms with Gasteiger partial charge >= 0.3 is 6.18 Å². The van der Waals surface area contributed by atoms with Crippen molar-refractivity contribution in [3.05, 3.63) is 70.8 Å². The third-order valence-corrected chi connectivity index (χ3v) is 5.33. The molecular formula is C21H24F3NO2. The van der Waals surface area contributed by atoms with E-state index in [1.165, 1.54) is 12.1 Å². The van der Waals surface area contributed by atoms with E-state index in [-0.39, 0.29) is 0 Å². The normalized spacial score (nSPS) is 19.0. The summed E-state index contributed by atoms with van der Waals surface area (Å²) in [5.41, 5.74) is 0.646. The molecule has 0 radical (unpaired) electrons. The third kappa shape index (κ3) is 4.69. The summed E-state index contributed by atoms with van der Waals surface area (Å²) in [5.74, 6) is 0. The second-order valence-corrected chi connectivity index (χ2v) is 7.33. The van der Waals surface area contributed by atoms with Gasteiger partial charge in [-0.25, -0.2) is 0 Å². The lowest BCUT2D eigenvalue weighted by Gasteiger charge is -2.39. The summed E-state index contributed by atoms with van der Waals surface area (Å²) in [7, 11) is 0. The fourth-order valence-electron chi connectivity index (χ4n) is 3.50. The highest BCUT2D eigenvalue weighted by atomic mass is 19.4. The summed E-state index contributed by atoms with van der Waals surface area (Å²) in [6.45, 7) is 3.59. The molecule has 0 aliphatic carbocycles. The molecule has 1 atom stereocenters. The van der Waals surface area contributed by atoms with Gasteiger partial charge in [0.05, 0.1) is 17.3 Å². The standard InChI is InChI=1S/C21H24F3NO2/c1-15-2-4-16(5-3-15)19(26)14-25-12-10-20(27,11-13-25)17-6-8-18(9-7-17)21(22,23)24/h2-9,19,26-27H,10-14H2,1H3/t19-/m1/s1. The molecule has 0 spiro atoms. The number of hydrogen-bond acceptors (Lipinski definition) is 3. The van der Waals surface area contributed by atoms with Crippen molar-refractivity contribution in [1.82, 2.24) is 4.90 Å². The van der Waals surface area contributed by atoms with Gasteiger partial charge in [-0.3, -0.25) is 0 Å². The smallest absolute Gasteiger partial charge is 0.387 e. The predicted molar refractivity (Wildman–Crippen MR) is 97.2 cm³/mol. The zero-order chi connectivity index (χ0) is 19.7. The predicted octanol–water partition coefficient (Wildman–Crippen LogP) is 4.03. The highest BCUT2D eigenvalue weighted by Gasteiger charge is 2.36. The van der Waals surface area contributed by atoms with Crippen LogP contribution in [0.4, 0.5) is 13.2 Å². The summed E-state index contributed by atoms with van der Waals surface area (Å²) in [6, 6.07) is 12.5. The lowest BCUT2D eigenvalue weighted by Crippen LogP contribution is -2.44. The van der Waals surface area contributed by atoms with Gasteiger partial charge in [-0.05, 0) is 43.0 Å². The van der Waals surface area contributed by atoms with Gasteiger partial charge in [-0.15, -0.1) is 0 Å². The second kappa shape index (κ2) is 7.62. The molecule has 0 amide bonds. The summed E-state index contributed by atoms with van der Waals surface area (Å²) in [5, 5.41) is 21.3. The number of halogens is 3. The number of nitrogens with zero attached hydrogens (tertiary/aromatic N) is 1. The third-order valence-electron chi connectivity index (χ3n) is 5.33. The first-order valence-electron chi connectivity index (χ1n) is 9.04. The molecule has 0 unspecified atom stereocenters. The van der Waals surface area contributed by atoms with E-state index < -0.39 is 23.4 Å². The number of likely N-dealkylation sites (tertiary alicyclic amines) is 1. The number of β-amino-alcohol motifs (C(OH)–C–C–N with tert-alkyl or cyclic N) is 1. The highest BCUT2D eigenvalue weighted by molar-refractivity contribution is 5.29. The summed E-state index contributed by atoms with van der Waals surface area (Å²) >= 11 is 0. The summed E-state index contributed by atoms with van der Waals surface area (Å²) in [6.07, 6.45) is -4.16. The minimum absolute atomic E-state index is 0.416. The molecule has 1 aliphatic rings. The van der Waals surface area contributed by atoms with E-state index in [0.717, 1.165) is 23.3 Å². The Kier molecular flexibility index (Phi) is 5.60. The van der Waals surface area contributed by atoms with E-state index >= 15 is 0 Å². The molecule has 146 valence electrons. The first-order chi connectivity index (χ1) is 12.7. The van der Waals surface area contributed by atoms with Crippen LogP contribution < -0.4 is 0 Å². The van der Waals surface area contributed by atoms with Gasteiger partial charge in [0.15, 0.2) is 0 Å². The van der Waals surface area contributed by atoms with Gasteiger partial charge in [0, 0.05) is 19.6 Å². The van der Waals surface area contributed by atoms with E-state index in [1.807, 2.05) is 31.2 Å². The van der Waals surface area contributed by atoms with Crippen LogP contribution in [0.2, 0.25) is 0 Å². The maximum absolute atomic E-state index is 12.7. The van der Waals surface area contributed by atoms with Crippen LogP contribution in [0.1, 0.15) is 41.2 Å². The van der Waals surface area contributed by atoms with E-state index in [0.29, 0.717) is 38.0 Å². The fourth-order valence-corrected chi connectivity index (χ4v) is 3.50. The molecule has 0 bridgehead atoms. The Balaban J connectivity index is 1.59. The van der Waals surface area contributed by atoms with Crippen LogP contribution in [0, 0.1) is 6.92 Å². The zero-order valence-corrected chi connectivity index (χ0v) is 15.2. The molecule has 1 aliphatic heterocycles. The average molecular weight is 379 g/mol. The molecule has 3 rings (SSSR count). The zero-order valence-electron chi connectivity index (χ0n) is 15.2. The van der Waals surface area contributed by atoms with Gasteiger partial charge in [0.25, 0.3) is 0 Å². The van der Waals surface area contributed by atoms with Crippen LogP contribution in [0.3, 0.4) is 0 Å². The largest absolute Gasteiger partial charge is 0.416 e. The van der Waals surface area contributed by atoms with Gasteiger partial charge in [-0.1, -0.05) is 42.0 Å². The summed E-state index contributed by atoms with van der Waals surface area (Å²) in [4.78, 5) is 2.07. The van der Waals surface area contributed by atoms with Crippen molar-refractivity contribution in [2.24, 2.45) is 0 Å². The number of piperidine rings is 1. The van der Waals surface area contributed by atoms with E-state index in [2.05, 4.69) is 4.90 Å². The Labute approximate surface area is 157 Å². The van der Waals surface area contributed by atoms with Crippen molar-refractivity contribution in [2.75, 3.05) is 19.6 Å². The molecule has 3 nitrogen and oxygen atoms in total. The maximum Gasteiger partial charge on any atom is 0.416 e. The number of aliphatic hydroxyl groups is 2. The van der Waals surface area contributed by atoms with Crippen molar-refractivity contribution in [1.29, 1.82) is 0 Å². The fraction of sp³-hybridized carbons (Fsp3) is 0.429. The molecule has 27 heavy (non-hydrogen) atoms. The van der Waals surface area contributed by atoms with Crippen LogP contribution in [0.5, 0.6) is 0 Å². The van der Waals surface area contributed by atoms with Gasteiger partial charge in [-0.2, -0.15) is 13.2 Å². The number of alkyl halides is 3. The van der Waals surface area contributed by atoms with Crippen molar-refractivity contribution in [2.45, 2.75) is 37.6 Å². The Hall–Kier alpha value is -1.89. The van der Waals surface area contributed by atoms with Crippen molar-refractivity contribution in [3.63, 3.8) is 0 Å². The van der Waals surface area contributed by atoms with E-state index in [4.69, 9.17) is 0 Å². The van der Waals surface area contributed by atoms with Crippen LogP contribution in [0.25, 0.3) is 0 Å². The molecule has 6 heteroatoms. The van der Waals surface area contributed by atoms with E-state index in [1.54, 1.807) is 0 Å². The molecule has 1 saturated heterocycles. The highest BCUT2D eigenvalue weighted by Crippen LogP contribution is 2.36. The average Bonchev–Trinajstić information content (AvgIpc) is 2.64. The number of hydrogen-bond donors (Lipinski definition) is 2. The molecule has 2 N–H and O–H groups in total. The van der Waals surface area contributed by atoms with Gasteiger partial charge < -0.3 is 15.1 Å². The molecule has 0 saturated carbocycles. The molecule has 2 aromatic carbocycles. The quantitative estimate of drug-likeness (QED) is 0.843. The number of aliphatic hydroxyl groups excluding tert-OH is 1. The Bertz CT molecular complexity index is 748. The lowest BCUT2D eigenvalue weighted by molar-refractivity contribution is -0.137. The van der Waals surface area contributed by atoms with Crippen molar-refractivity contribution < 1.29 is 23.4 Å². The Morgan fingerprint density at radius 1 is 1.00 bits per heavy atom. The first kappa shape index (κ1) is 19.9. The molecular weight excluding hydrogens is 355 g/mol. The Morgan fingerprint density at radius 3 is 2.07 bits per heavy atom. The SMILES string of the molecule is Cc1ccc([C@H](O)CN2CCC(O)(c3ccc(C(F)(F)F)cc3)CC2)cc1. The minimum Gasteiger partial charge on any atom is -0.387 e. The molecule has 0 aromatic heterocycles. The molecule has 1 heterocycles. The monoisotopic (exact) mass is 379 g/mol. The van der Waals surface area contributed by atoms with Crippen LogP contribution >= 0.6 is 0 Å². The van der Waals surface area contributed by atoms with Gasteiger partial charge in [0.1, 0.15) is 0 Å². The Morgan fingerprint density at radius 2 is 1.56 bits per heavy atom. The first-order valence-corrected chi connectivity index (χ1v) is 9.04. The maximum atomic E-state index is 12.7. The van der Waals surface area contributed by atoms with Crippen LogP contribution in [-0.4, -0.2) is 34.7 Å². The topological polar surface area (TPSA) is 43.7 Å². The number of rotatable bonds is 4. The molecule has 2 aromatic rings. The molecule has 1 fully saturated rings. The summed E-state index contributed by atoms with van der Waals surface area (Å²) < 4.78 is 38.1. The minimum atomic E-state index is -4.38. The van der Waals surface area contributed by atoms with Crippen molar-refractivity contribution in [3.8, 4) is 0 Å². The van der Waals surface area contributed by atoms with Crippen LogP contribution in [-0.2, 0) is 11.8 Å². The van der Waals surface area contributed by atoms with Crippen molar-refractivity contribution >= 4 is 0 Å². The number of aryl methyl sites for hydroxylation is 1. The van der Waals surface area contributed by atoms with Gasteiger partial charge in [0.2, 0.25) is 0 Å².